The molecule has 0 spiro atoms. The zero-order valence-electron chi connectivity index (χ0n) is 10.4. The Labute approximate surface area is 106 Å². The summed E-state index contributed by atoms with van der Waals surface area (Å²) in [5.74, 6) is 0.855. The third-order valence-electron chi connectivity index (χ3n) is 3.37. The van der Waals surface area contributed by atoms with Crippen LogP contribution < -0.4 is 11.1 Å². The molecule has 1 amide bonds. The molecule has 1 heterocycles. The maximum Gasteiger partial charge on any atom is 0.241 e. The summed E-state index contributed by atoms with van der Waals surface area (Å²) in [6, 6.07) is 1.66. The van der Waals surface area contributed by atoms with E-state index >= 15 is 0 Å². The molecule has 0 aliphatic heterocycles. The Morgan fingerprint density at radius 2 is 2.22 bits per heavy atom. The minimum absolute atomic E-state index is 0.0516. The van der Waals surface area contributed by atoms with E-state index < -0.39 is 0 Å². The van der Waals surface area contributed by atoms with Crippen molar-refractivity contribution in [2.75, 3.05) is 12.3 Å². The first kappa shape index (κ1) is 12.9. The molecule has 18 heavy (non-hydrogen) atoms. The molecule has 100 valence electrons. The Hall–Kier alpha value is -1.56. The number of aliphatic hydroxyl groups is 1. The first-order valence-electron chi connectivity index (χ1n) is 6.37. The van der Waals surface area contributed by atoms with Gasteiger partial charge in [0.05, 0.1) is 6.10 Å². The largest absolute Gasteiger partial charge is 0.393 e. The van der Waals surface area contributed by atoms with Gasteiger partial charge in [0.25, 0.3) is 0 Å². The van der Waals surface area contributed by atoms with Gasteiger partial charge in [-0.05, 0) is 37.7 Å². The van der Waals surface area contributed by atoms with E-state index in [1.165, 1.54) is 4.68 Å². The second-order valence-electron chi connectivity index (χ2n) is 4.92. The van der Waals surface area contributed by atoms with Crippen LogP contribution in [0.3, 0.4) is 0 Å². The lowest BCUT2D eigenvalue weighted by Crippen LogP contribution is -2.34. The second-order valence-corrected chi connectivity index (χ2v) is 4.92. The normalized spacial score (nSPS) is 23.8. The smallest absolute Gasteiger partial charge is 0.241 e. The Bertz CT molecular complexity index is 397. The molecule has 1 aliphatic rings. The van der Waals surface area contributed by atoms with Crippen LogP contribution in [-0.2, 0) is 11.3 Å². The van der Waals surface area contributed by atoms with E-state index in [9.17, 15) is 9.90 Å². The number of hydrogen-bond acceptors (Lipinski definition) is 4. The number of carbonyl (C=O) groups is 1. The highest BCUT2D eigenvalue weighted by Crippen LogP contribution is 2.23. The minimum Gasteiger partial charge on any atom is -0.393 e. The minimum atomic E-state index is -0.149. The van der Waals surface area contributed by atoms with Crippen molar-refractivity contribution in [1.29, 1.82) is 0 Å². The number of nitrogens with two attached hydrogens (primary N) is 1. The Balaban J connectivity index is 1.68. The van der Waals surface area contributed by atoms with Crippen LogP contribution in [0.1, 0.15) is 25.7 Å². The van der Waals surface area contributed by atoms with E-state index in [-0.39, 0.29) is 18.6 Å². The molecule has 0 unspecified atom stereocenters. The molecule has 1 aromatic rings. The van der Waals surface area contributed by atoms with Crippen molar-refractivity contribution in [3.63, 3.8) is 0 Å². The van der Waals surface area contributed by atoms with Gasteiger partial charge < -0.3 is 16.2 Å². The van der Waals surface area contributed by atoms with Gasteiger partial charge in [-0.2, -0.15) is 5.10 Å². The van der Waals surface area contributed by atoms with Gasteiger partial charge in [-0.3, -0.25) is 9.48 Å². The molecule has 0 radical (unpaired) electrons. The van der Waals surface area contributed by atoms with Crippen LogP contribution in [0.2, 0.25) is 0 Å². The van der Waals surface area contributed by atoms with Gasteiger partial charge in [-0.1, -0.05) is 0 Å². The monoisotopic (exact) mass is 252 g/mol. The van der Waals surface area contributed by atoms with Crippen molar-refractivity contribution in [2.45, 2.75) is 38.3 Å². The molecule has 1 aliphatic carbocycles. The summed E-state index contributed by atoms with van der Waals surface area (Å²) in [6.45, 7) is 0.884. The number of aromatic nitrogens is 2. The highest BCUT2D eigenvalue weighted by atomic mass is 16.3. The molecule has 0 atom stereocenters. The Morgan fingerprint density at radius 1 is 1.50 bits per heavy atom. The number of aliphatic hydroxyl groups excluding tert-OH is 1. The molecule has 0 saturated heterocycles. The van der Waals surface area contributed by atoms with Gasteiger partial charge in [-0.15, -0.1) is 0 Å². The van der Waals surface area contributed by atoms with E-state index in [0.29, 0.717) is 18.3 Å². The molecule has 0 aromatic carbocycles. The zero-order chi connectivity index (χ0) is 13.0. The summed E-state index contributed by atoms with van der Waals surface area (Å²) in [5, 5.41) is 16.2. The van der Waals surface area contributed by atoms with Crippen LogP contribution in [0.15, 0.2) is 12.3 Å². The summed E-state index contributed by atoms with van der Waals surface area (Å²) in [6.07, 6.45) is 5.19. The maximum absolute atomic E-state index is 11.7. The molecule has 2 rings (SSSR count). The average molecular weight is 252 g/mol. The molecule has 1 fully saturated rings. The lowest BCUT2D eigenvalue weighted by atomic mass is 9.87. The fourth-order valence-corrected chi connectivity index (χ4v) is 2.28. The van der Waals surface area contributed by atoms with Gasteiger partial charge in [0.2, 0.25) is 5.91 Å². The van der Waals surface area contributed by atoms with Crippen LogP contribution in [0.5, 0.6) is 0 Å². The summed E-state index contributed by atoms with van der Waals surface area (Å²) in [4.78, 5) is 11.7. The molecule has 1 aromatic heterocycles. The van der Waals surface area contributed by atoms with E-state index in [1.54, 1.807) is 12.3 Å². The highest BCUT2D eigenvalue weighted by Gasteiger charge is 2.19. The SMILES string of the molecule is Nc1ccn(CC(=O)NCC2CCC(O)CC2)n1. The average Bonchev–Trinajstić information content (AvgIpc) is 2.74. The zero-order valence-corrected chi connectivity index (χ0v) is 10.4. The fourth-order valence-electron chi connectivity index (χ4n) is 2.28. The van der Waals surface area contributed by atoms with Crippen LogP contribution in [0.25, 0.3) is 0 Å². The van der Waals surface area contributed by atoms with Crippen molar-refractivity contribution in [3.8, 4) is 0 Å². The van der Waals surface area contributed by atoms with Crippen LogP contribution >= 0.6 is 0 Å². The fraction of sp³-hybridized carbons (Fsp3) is 0.667. The molecule has 6 heteroatoms. The number of hydrogen-bond donors (Lipinski definition) is 3. The van der Waals surface area contributed by atoms with E-state index in [4.69, 9.17) is 5.73 Å². The summed E-state index contributed by atoms with van der Waals surface area (Å²) >= 11 is 0. The van der Waals surface area contributed by atoms with E-state index in [2.05, 4.69) is 10.4 Å². The van der Waals surface area contributed by atoms with E-state index in [1.807, 2.05) is 0 Å². The number of anilines is 1. The highest BCUT2D eigenvalue weighted by molar-refractivity contribution is 5.75. The molecule has 6 nitrogen and oxygen atoms in total. The molecular formula is C12H20N4O2. The number of nitrogen functional groups attached to an aromatic ring is 1. The summed E-state index contributed by atoms with van der Waals surface area (Å²) < 4.78 is 1.52. The first-order valence-corrected chi connectivity index (χ1v) is 6.37. The van der Waals surface area contributed by atoms with Gasteiger partial charge in [0.1, 0.15) is 12.4 Å². The number of nitrogens with one attached hydrogen (secondary N) is 1. The van der Waals surface area contributed by atoms with E-state index in [0.717, 1.165) is 25.7 Å². The summed E-state index contributed by atoms with van der Waals surface area (Å²) in [5.41, 5.74) is 5.47. The predicted octanol–water partition coefficient (Wildman–Crippen LogP) is 0.133. The van der Waals surface area contributed by atoms with Crippen molar-refractivity contribution >= 4 is 11.7 Å². The van der Waals surface area contributed by atoms with Crippen molar-refractivity contribution < 1.29 is 9.90 Å². The van der Waals surface area contributed by atoms with Crippen molar-refractivity contribution in [3.05, 3.63) is 12.3 Å². The van der Waals surface area contributed by atoms with Gasteiger partial charge in [0.15, 0.2) is 0 Å². The third kappa shape index (κ3) is 3.73. The molecule has 1 saturated carbocycles. The van der Waals surface area contributed by atoms with Gasteiger partial charge in [0, 0.05) is 12.7 Å². The number of nitrogens with zero attached hydrogens (tertiary/aromatic N) is 2. The van der Waals surface area contributed by atoms with Crippen LogP contribution in [0, 0.1) is 5.92 Å². The van der Waals surface area contributed by atoms with Gasteiger partial charge in [-0.25, -0.2) is 0 Å². The van der Waals surface area contributed by atoms with Crippen LogP contribution in [0.4, 0.5) is 5.82 Å². The molecule has 0 bridgehead atoms. The van der Waals surface area contributed by atoms with Gasteiger partial charge >= 0.3 is 0 Å². The third-order valence-corrected chi connectivity index (χ3v) is 3.37. The predicted molar refractivity (Wildman–Crippen MR) is 67.6 cm³/mol. The van der Waals surface area contributed by atoms with Crippen molar-refractivity contribution in [2.24, 2.45) is 5.92 Å². The van der Waals surface area contributed by atoms with Crippen molar-refractivity contribution in [1.82, 2.24) is 15.1 Å². The lowest BCUT2D eigenvalue weighted by molar-refractivity contribution is -0.122. The quantitative estimate of drug-likeness (QED) is 0.710. The first-order chi connectivity index (χ1) is 8.63. The van der Waals surface area contributed by atoms with Crippen LogP contribution in [-0.4, -0.2) is 33.4 Å². The second kappa shape index (κ2) is 5.86. The number of amides is 1. The Kier molecular flexibility index (Phi) is 4.19. The number of carbonyl (C=O) groups excluding carboxylic acids is 1. The Morgan fingerprint density at radius 3 is 2.83 bits per heavy atom. The maximum atomic E-state index is 11.7. The molecule has 4 N–H and O–H groups in total. The lowest BCUT2D eigenvalue weighted by Gasteiger charge is -2.25. The summed E-state index contributed by atoms with van der Waals surface area (Å²) in [7, 11) is 0. The standard InChI is InChI=1S/C12H20N4O2/c13-11-5-6-16(15-11)8-12(18)14-7-9-1-3-10(17)4-2-9/h5-6,9-10,17H,1-4,7-8H2,(H2,13,15)(H,14,18). The molecular weight excluding hydrogens is 232 g/mol. The number of rotatable bonds is 4. The topological polar surface area (TPSA) is 93.2 Å².